The average molecular weight is 393 g/mol. The van der Waals surface area contributed by atoms with Gasteiger partial charge in [-0.3, -0.25) is 4.79 Å². The van der Waals surface area contributed by atoms with E-state index >= 15 is 0 Å². The number of carbonyl (C=O) groups excluding carboxylic acids is 1. The quantitative estimate of drug-likeness (QED) is 0.841. The van der Waals surface area contributed by atoms with Crippen LogP contribution in [-0.4, -0.2) is 54.8 Å². The van der Waals surface area contributed by atoms with Crippen molar-refractivity contribution in [3.8, 4) is 5.75 Å². The third kappa shape index (κ3) is 3.62. The van der Waals surface area contributed by atoms with Gasteiger partial charge in [0.05, 0.1) is 12.3 Å². The van der Waals surface area contributed by atoms with Crippen molar-refractivity contribution in [2.45, 2.75) is 76.9 Å². The van der Waals surface area contributed by atoms with Crippen LogP contribution in [0.4, 0.5) is 5.69 Å². The minimum absolute atomic E-state index is 0.352. The molecule has 0 radical (unpaired) electrons. The Kier molecular flexibility index (Phi) is 4.87. The molecule has 3 heterocycles. The minimum atomic E-state index is -0.916. The van der Waals surface area contributed by atoms with E-state index < -0.39 is 42.3 Å². The highest BCUT2D eigenvalue weighted by Crippen LogP contribution is 2.44. The zero-order valence-corrected chi connectivity index (χ0v) is 16.8. The molecule has 1 amide bonds. The maximum atomic E-state index is 13.1. The lowest BCUT2D eigenvalue weighted by atomic mass is 9.98. The van der Waals surface area contributed by atoms with E-state index in [1.807, 2.05) is 19.1 Å². The second-order valence-corrected chi connectivity index (χ2v) is 8.01. The fraction of sp³-hybridized carbons (Fsp3) is 0.650. The molecule has 1 aromatic carbocycles. The standard InChI is InChI=1S/C20H27NO7/c1-6-23-12-10-8-7-9-11(12)21-17(22)15-13-14(26-19(2,3)25-13)16-18(24-15)28-20(4,5)27-16/h7-10,13-16,18H,6H2,1-5H3,(H,21,22)/t13-,14+,15-,16-,18-/m1/s1. The summed E-state index contributed by atoms with van der Waals surface area (Å²) in [6, 6.07) is 7.25. The van der Waals surface area contributed by atoms with Crippen LogP contribution in [0.2, 0.25) is 0 Å². The molecule has 5 atom stereocenters. The van der Waals surface area contributed by atoms with Gasteiger partial charge in [-0.15, -0.1) is 0 Å². The summed E-state index contributed by atoms with van der Waals surface area (Å²) < 4.78 is 35.4. The van der Waals surface area contributed by atoms with Gasteiger partial charge in [-0.1, -0.05) is 12.1 Å². The Bertz CT molecular complexity index is 750. The molecule has 3 aliphatic heterocycles. The van der Waals surface area contributed by atoms with E-state index in [0.717, 1.165) is 0 Å². The maximum absolute atomic E-state index is 13.1. The Hall–Kier alpha value is -1.71. The van der Waals surface area contributed by atoms with Gasteiger partial charge in [0.25, 0.3) is 5.91 Å². The number of hydrogen-bond acceptors (Lipinski definition) is 7. The third-order valence-electron chi connectivity index (χ3n) is 4.86. The Morgan fingerprint density at radius 2 is 1.64 bits per heavy atom. The first-order chi connectivity index (χ1) is 13.2. The van der Waals surface area contributed by atoms with Crippen LogP contribution < -0.4 is 10.1 Å². The molecule has 0 aromatic heterocycles. The molecule has 0 bridgehead atoms. The predicted octanol–water partition coefficient (Wildman–Crippen LogP) is 2.42. The van der Waals surface area contributed by atoms with Gasteiger partial charge in [-0.05, 0) is 46.8 Å². The zero-order valence-electron chi connectivity index (χ0n) is 16.8. The molecule has 0 saturated carbocycles. The second kappa shape index (κ2) is 6.96. The monoisotopic (exact) mass is 393 g/mol. The van der Waals surface area contributed by atoms with Gasteiger partial charge in [-0.25, -0.2) is 0 Å². The molecule has 28 heavy (non-hydrogen) atoms. The number of rotatable bonds is 4. The molecule has 8 nitrogen and oxygen atoms in total. The Morgan fingerprint density at radius 3 is 2.39 bits per heavy atom. The number of para-hydroxylation sites is 2. The van der Waals surface area contributed by atoms with Crippen LogP contribution in [0.3, 0.4) is 0 Å². The van der Waals surface area contributed by atoms with Crippen LogP contribution in [0.15, 0.2) is 24.3 Å². The summed E-state index contributed by atoms with van der Waals surface area (Å²) >= 11 is 0. The van der Waals surface area contributed by atoms with E-state index in [4.69, 9.17) is 28.4 Å². The van der Waals surface area contributed by atoms with Gasteiger partial charge < -0.3 is 33.7 Å². The van der Waals surface area contributed by atoms with Gasteiger partial charge in [0.1, 0.15) is 24.1 Å². The SMILES string of the molecule is CCOc1ccccc1NC(=O)[C@@H]1O[C@@H]2OC(C)(C)O[C@@H]2[C@H]2OC(C)(C)O[C@H]21. The van der Waals surface area contributed by atoms with E-state index in [9.17, 15) is 4.79 Å². The van der Waals surface area contributed by atoms with Crippen LogP contribution in [0.25, 0.3) is 0 Å². The molecular formula is C20H27NO7. The lowest BCUT2D eigenvalue weighted by Crippen LogP contribution is -2.58. The van der Waals surface area contributed by atoms with Crippen molar-refractivity contribution in [3.05, 3.63) is 24.3 Å². The normalized spacial score (nSPS) is 35.1. The third-order valence-corrected chi connectivity index (χ3v) is 4.86. The molecule has 3 saturated heterocycles. The maximum Gasteiger partial charge on any atom is 0.256 e. The molecule has 1 N–H and O–H groups in total. The fourth-order valence-corrected chi connectivity index (χ4v) is 3.88. The molecule has 8 heteroatoms. The minimum Gasteiger partial charge on any atom is -0.492 e. The number of fused-ring (bicyclic) bond motifs is 3. The van der Waals surface area contributed by atoms with Crippen molar-refractivity contribution in [1.82, 2.24) is 0 Å². The predicted molar refractivity (Wildman–Crippen MR) is 98.8 cm³/mol. The van der Waals surface area contributed by atoms with Crippen LogP contribution in [0.1, 0.15) is 34.6 Å². The molecule has 0 unspecified atom stereocenters. The first kappa shape index (κ1) is 19.6. The van der Waals surface area contributed by atoms with Crippen LogP contribution in [0.5, 0.6) is 5.75 Å². The molecular weight excluding hydrogens is 366 g/mol. The average Bonchev–Trinajstić information content (AvgIpc) is 3.10. The van der Waals surface area contributed by atoms with Crippen molar-refractivity contribution in [3.63, 3.8) is 0 Å². The van der Waals surface area contributed by atoms with Gasteiger partial charge in [0.2, 0.25) is 0 Å². The summed E-state index contributed by atoms with van der Waals surface area (Å²) in [5, 5.41) is 2.88. The van der Waals surface area contributed by atoms with E-state index in [-0.39, 0.29) is 5.91 Å². The number of hydrogen-bond donors (Lipinski definition) is 1. The molecule has 154 valence electrons. The van der Waals surface area contributed by atoms with Gasteiger partial charge >= 0.3 is 0 Å². The van der Waals surface area contributed by atoms with E-state index in [2.05, 4.69) is 5.32 Å². The number of anilines is 1. The molecule has 1 aromatic rings. The summed E-state index contributed by atoms with van der Waals surface area (Å²) in [6.45, 7) is 9.60. The summed E-state index contributed by atoms with van der Waals surface area (Å²) in [6.07, 6.45) is -3.20. The summed E-state index contributed by atoms with van der Waals surface area (Å²) in [5.41, 5.74) is 0.568. The first-order valence-corrected chi connectivity index (χ1v) is 9.58. The van der Waals surface area contributed by atoms with E-state index in [1.54, 1.807) is 39.8 Å². The highest BCUT2D eigenvalue weighted by molar-refractivity contribution is 5.96. The first-order valence-electron chi connectivity index (χ1n) is 9.58. The number of benzene rings is 1. The lowest BCUT2D eigenvalue weighted by Gasteiger charge is -2.36. The number of ether oxygens (including phenoxy) is 6. The topological polar surface area (TPSA) is 84.5 Å². The van der Waals surface area contributed by atoms with Crippen LogP contribution in [0, 0.1) is 0 Å². The Balaban J connectivity index is 1.57. The number of nitrogens with one attached hydrogen (secondary N) is 1. The zero-order chi connectivity index (χ0) is 20.1. The van der Waals surface area contributed by atoms with Gasteiger partial charge in [-0.2, -0.15) is 0 Å². The lowest BCUT2D eigenvalue weighted by molar-refractivity contribution is -0.229. The highest BCUT2D eigenvalue weighted by Gasteiger charge is 2.62. The summed E-state index contributed by atoms with van der Waals surface area (Å²) in [5.74, 6) is -1.45. The number of amides is 1. The summed E-state index contributed by atoms with van der Waals surface area (Å²) in [7, 11) is 0. The Labute approximate surface area is 164 Å². The highest BCUT2D eigenvalue weighted by atomic mass is 16.9. The fourth-order valence-electron chi connectivity index (χ4n) is 3.88. The molecule has 0 aliphatic carbocycles. The largest absolute Gasteiger partial charge is 0.492 e. The molecule has 3 fully saturated rings. The van der Waals surface area contributed by atoms with Crippen LogP contribution in [-0.2, 0) is 28.5 Å². The molecule has 4 rings (SSSR count). The molecule has 3 aliphatic rings. The van der Waals surface area contributed by atoms with Crippen molar-refractivity contribution in [2.75, 3.05) is 11.9 Å². The van der Waals surface area contributed by atoms with Crippen molar-refractivity contribution in [1.29, 1.82) is 0 Å². The molecule has 0 spiro atoms. The number of carbonyl (C=O) groups is 1. The van der Waals surface area contributed by atoms with Crippen molar-refractivity contribution in [2.24, 2.45) is 0 Å². The van der Waals surface area contributed by atoms with E-state index in [1.165, 1.54) is 0 Å². The van der Waals surface area contributed by atoms with E-state index in [0.29, 0.717) is 18.0 Å². The van der Waals surface area contributed by atoms with Crippen molar-refractivity contribution < 1.29 is 33.2 Å². The van der Waals surface area contributed by atoms with Gasteiger partial charge in [0.15, 0.2) is 24.0 Å². The van der Waals surface area contributed by atoms with Crippen molar-refractivity contribution >= 4 is 11.6 Å². The summed E-state index contributed by atoms with van der Waals surface area (Å²) in [4.78, 5) is 13.1. The smallest absolute Gasteiger partial charge is 0.256 e. The Morgan fingerprint density at radius 1 is 1.00 bits per heavy atom. The second-order valence-electron chi connectivity index (χ2n) is 8.01. The van der Waals surface area contributed by atoms with Crippen LogP contribution >= 0.6 is 0 Å². The van der Waals surface area contributed by atoms with Gasteiger partial charge in [0, 0.05) is 0 Å².